The minimum atomic E-state index is 0.0500. The van der Waals surface area contributed by atoms with Crippen LogP contribution in [-0.2, 0) is 17.8 Å². The Hall–Kier alpha value is -2.70. The molecule has 0 saturated heterocycles. The molecule has 7 heteroatoms. The maximum absolute atomic E-state index is 13.3. The van der Waals surface area contributed by atoms with Gasteiger partial charge in [-0.25, -0.2) is 9.97 Å². The Bertz CT molecular complexity index is 1170. The van der Waals surface area contributed by atoms with E-state index >= 15 is 0 Å². The van der Waals surface area contributed by atoms with Gasteiger partial charge in [0.25, 0.3) is 0 Å². The summed E-state index contributed by atoms with van der Waals surface area (Å²) in [6, 6.07) is 11.9. The first-order chi connectivity index (χ1) is 14.5. The fraction of sp³-hybridized carbons (Fsp3) is 0.261. The van der Waals surface area contributed by atoms with Gasteiger partial charge in [-0.2, -0.15) is 0 Å². The third kappa shape index (κ3) is 4.55. The van der Waals surface area contributed by atoms with Crippen LogP contribution in [0.4, 0.5) is 5.13 Å². The first-order valence-electron chi connectivity index (χ1n) is 9.88. The molecule has 1 amide bonds. The number of hydrogen-bond donors (Lipinski definition) is 0. The SMILES string of the molecule is Cc1cccc(CC(=O)N(CCCn2ccnc2)c2nc3c(C)c(Cl)ccc3s2)c1. The van der Waals surface area contributed by atoms with Crippen LogP contribution in [0.3, 0.4) is 0 Å². The highest BCUT2D eigenvalue weighted by atomic mass is 35.5. The van der Waals surface area contributed by atoms with Crippen LogP contribution >= 0.6 is 22.9 Å². The summed E-state index contributed by atoms with van der Waals surface area (Å²) in [4.78, 5) is 24.0. The normalized spacial score (nSPS) is 11.2. The van der Waals surface area contributed by atoms with Crippen LogP contribution < -0.4 is 4.90 Å². The third-order valence-corrected chi connectivity index (χ3v) is 6.52. The Kier molecular flexibility index (Phi) is 6.16. The second-order valence-corrected chi connectivity index (χ2v) is 8.80. The van der Waals surface area contributed by atoms with Gasteiger partial charge in [0.15, 0.2) is 5.13 Å². The summed E-state index contributed by atoms with van der Waals surface area (Å²) >= 11 is 7.81. The molecule has 30 heavy (non-hydrogen) atoms. The van der Waals surface area contributed by atoms with Crippen LogP contribution in [0.5, 0.6) is 0 Å². The molecule has 2 aromatic heterocycles. The van der Waals surface area contributed by atoms with Crippen molar-refractivity contribution in [2.45, 2.75) is 33.2 Å². The lowest BCUT2D eigenvalue weighted by atomic mass is 10.1. The molecule has 0 N–H and O–H groups in total. The number of anilines is 1. The summed E-state index contributed by atoms with van der Waals surface area (Å²) in [6.07, 6.45) is 6.65. The number of benzene rings is 2. The van der Waals surface area contributed by atoms with Crippen LogP contribution in [-0.4, -0.2) is 27.0 Å². The first kappa shape index (κ1) is 20.6. The second-order valence-electron chi connectivity index (χ2n) is 7.38. The number of fused-ring (bicyclic) bond motifs is 1. The molecule has 5 nitrogen and oxygen atoms in total. The zero-order chi connectivity index (χ0) is 21.1. The number of rotatable bonds is 7. The molecule has 0 atom stereocenters. The van der Waals surface area contributed by atoms with Crippen LogP contribution in [0, 0.1) is 13.8 Å². The molecule has 0 radical (unpaired) electrons. The standard InChI is InChI=1S/C23H23ClN4OS/c1-16-5-3-6-18(13-16)14-21(29)28(11-4-10-27-12-9-25-15-27)23-26-22-17(2)19(24)7-8-20(22)30-23/h3,5-9,12-13,15H,4,10-11,14H2,1-2H3. The predicted octanol–water partition coefficient (Wildman–Crippen LogP) is 5.43. The number of aryl methyl sites for hydroxylation is 3. The quantitative estimate of drug-likeness (QED) is 0.386. The van der Waals surface area contributed by atoms with Crippen molar-refractivity contribution in [2.75, 3.05) is 11.4 Å². The molecule has 0 spiro atoms. The molecule has 2 heterocycles. The van der Waals surface area contributed by atoms with Crippen molar-refractivity contribution in [3.8, 4) is 0 Å². The van der Waals surface area contributed by atoms with Gasteiger partial charge < -0.3 is 4.57 Å². The highest BCUT2D eigenvalue weighted by molar-refractivity contribution is 7.22. The van der Waals surface area contributed by atoms with E-state index in [1.807, 2.05) is 59.8 Å². The molecule has 0 fully saturated rings. The maximum Gasteiger partial charge on any atom is 0.233 e. The lowest BCUT2D eigenvalue weighted by molar-refractivity contribution is -0.118. The van der Waals surface area contributed by atoms with Crippen LogP contribution in [0.15, 0.2) is 55.1 Å². The topological polar surface area (TPSA) is 51.0 Å². The number of imidazole rings is 1. The summed E-state index contributed by atoms with van der Waals surface area (Å²) in [5.41, 5.74) is 3.98. The average molecular weight is 439 g/mol. The zero-order valence-corrected chi connectivity index (χ0v) is 18.6. The molecule has 0 bridgehead atoms. The van der Waals surface area contributed by atoms with Gasteiger partial charge in [-0.1, -0.05) is 52.8 Å². The van der Waals surface area contributed by atoms with Gasteiger partial charge in [0.1, 0.15) is 0 Å². The third-order valence-electron chi connectivity index (χ3n) is 5.06. The van der Waals surface area contributed by atoms with Gasteiger partial charge in [0, 0.05) is 30.5 Å². The van der Waals surface area contributed by atoms with Crippen LogP contribution in [0.25, 0.3) is 10.2 Å². The van der Waals surface area contributed by atoms with E-state index in [0.29, 0.717) is 18.0 Å². The highest BCUT2D eigenvalue weighted by Gasteiger charge is 2.21. The summed E-state index contributed by atoms with van der Waals surface area (Å²) in [5.74, 6) is 0.0500. The summed E-state index contributed by atoms with van der Waals surface area (Å²) in [6.45, 7) is 5.39. The number of thiazole rings is 1. The molecular formula is C23H23ClN4OS. The van der Waals surface area contributed by atoms with E-state index in [4.69, 9.17) is 16.6 Å². The van der Waals surface area contributed by atoms with Crippen molar-refractivity contribution in [3.63, 3.8) is 0 Å². The van der Waals surface area contributed by atoms with E-state index in [2.05, 4.69) is 11.1 Å². The van der Waals surface area contributed by atoms with Crippen molar-refractivity contribution >= 4 is 44.2 Å². The number of amides is 1. The van der Waals surface area contributed by atoms with Crippen molar-refractivity contribution < 1.29 is 4.79 Å². The molecule has 0 aliphatic carbocycles. The Morgan fingerprint density at radius 1 is 1.23 bits per heavy atom. The molecule has 4 aromatic rings. The molecule has 2 aromatic carbocycles. The number of nitrogens with zero attached hydrogens (tertiary/aromatic N) is 4. The lowest BCUT2D eigenvalue weighted by Crippen LogP contribution is -2.33. The molecule has 154 valence electrons. The van der Waals surface area contributed by atoms with Crippen molar-refractivity contribution in [1.29, 1.82) is 0 Å². The number of carbonyl (C=O) groups excluding carboxylic acids is 1. The van der Waals surface area contributed by atoms with Crippen LogP contribution in [0.2, 0.25) is 5.02 Å². The van der Waals surface area contributed by atoms with E-state index in [9.17, 15) is 4.79 Å². The van der Waals surface area contributed by atoms with Gasteiger partial charge in [-0.05, 0) is 43.5 Å². The smallest absolute Gasteiger partial charge is 0.233 e. The van der Waals surface area contributed by atoms with Crippen molar-refractivity contribution in [2.24, 2.45) is 0 Å². The van der Waals surface area contributed by atoms with Gasteiger partial charge >= 0.3 is 0 Å². The Labute approximate surface area is 185 Å². The van der Waals surface area contributed by atoms with E-state index in [-0.39, 0.29) is 5.91 Å². The number of aromatic nitrogens is 3. The first-order valence-corrected chi connectivity index (χ1v) is 11.1. The van der Waals surface area contributed by atoms with Gasteiger partial charge in [0.2, 0.25) is 5.91 Å². The number of hydrogen-bond acceptors (Lipinski definition) is 4. The van der Waals surface area contributed by atoms with E-state index < -0.39 is 0 Å². The Morgan fingerprint density at radius 2 is 2.10 bits per heavy atom. The van der Waals surface area contributed by atoms with Crippen molar-refractivity contribution in [1.82, 2.24) is 14.5 Å². The van der Waals surface area contributed by atoms with Gasteiger partial charge in [-0.3, -0.25) is 9.69 Å². The van der Waals surface area contributed by atoms with Gasteiger partial charge in [0.05, 0.1) is 23.0 Å². The Morgan fingerprint density at radius 3 is 2.87 bits per heavy atom. The minimum absolute atomic E-state index is 0.0500. The number of carbonyl (C=O) groups is 1. The maximum atomic E-state index is 13.3. The van der Waals surface area contributed by atoms with E-state index in [1.165, 1.54) is 11.3 Å². The highest BCUT2D eigenvalue weighted by Crippen LogP contribution is 2.34. The lowest BCUT2D eigenvalue weighted by Gasteiger charge is -2.20. The monoisotopic (exact) mass is 438 g/mol. The summed E-state index contributed by atoms with van der Waals surface area (Å²) in [5, 5.41) is 1.41. The molecular weight excluding hydrogens is 416 g/mol. The Balaban J connectivity index is 1.60. The largest absolute Gasteiger partial charge is 0.337 e. The molecule has 0 saturated carbocycles. The van der Waals surface area contributed by atoms with Gasteiger partial charge in [-0.15, -0.1) is 0 Å². The molecule has 0 aliphatic rings. The molecule has 0 unspecified atom stereocenters. The second kappa shape index (κ2) is 8.98. The summed E-state index contributed by atoms with van der Waals surface area (Å²) < 4.78 is 3.06. The van der Waals surface area contributed by atoms with Crippen LogP contribution in [0.1, 0.15) is 23.1 Å². The molecule has 0 aliphatic heterocycles. The molecule has 4 rings (SSSR count). The predicted molar refractivity (Wildman–Crippen MR) is 123 cm³/mol. The van der Waals surface area contributed by atoms with Crippen molar-refractivity contribution in [3.05, 3.63) is 76.8 Å². The van der Waals surface area contributed by atoms with E-state index in [1.54, 1.807) is 12.5 Å². The fourth-order valence-corrected chi connectivity index (χ4v) is 4.67. The average Bonchev–Trinajstić information content (AvgIpc) is 3.38. The number of halogens is 1. The zero-order valence-electron chi connectivity index (χ0n) is 17.0. The fourth-order valence-electron chi connectivity index (χ4n) is 3.45. The summed E-state index contributed by atoms with van der Waals surface area (Å²) in [7, 11) is 0. The van der Waals surface area contributed by atoms with E-state index in [0.717, 1.165) is 45.0 Å². The minimum Gasteiger partial charge on any atom is -0.337 e.